The van der Waals surface area contributed by atoms with Gasteiger partial charge in [-0.1, -0.05) is 12.8 Å². The fourth-order valence-electron chi connectivity index (χ4n) is 4.02. The summed E-state index contributed by atoms with van der Waals surface area (Å²) in [6.07, 6.45) is 8.61. The molecule has 1 amide bonds. The van der Waals surface area contributed by atoms with E-state index in [1.807, 2.05) is 6.07 Å². The lowest BCUT2D eigenvalue weighted by Crippen LogP contribution is -2.43. The van der Waals surface area contributed by atoms with E-state index in [-0.39, 0.29) is 29.3 Å². The number of carbonyl (C=O) groups excluding carboxylic acids is 1. The molecule has 2 unspecified atom stereocenters. The lowest BCUT2D eigenvalue weighted by atomic mass is 9.91. The van der Waals surface area contributed by atoms with Crippen LogP contribution in [0.1, 0.15) is 53.7 Å². The fraction of sp³-hybridized carbons (Fsp3) is 0.450. The van der Waals surface area contributed by atoms with Crippen LogP contribution in [0.25, 0.3) is 0 Å². The van der Waals surface area contributed by atoms with E-state index in [1.54, 1.807) is 6.20 Å². The summed E-state index contributed by atoms with van der Waals surface area (Å²) in [5.41, 5.74) is 14.6. The van der Waals surface area contributed by atoms with Crippen molar-refractivity contribution >= 4 is 23.2 Å². The van der Waals surface area contributed by atoms with Crippen molar-refractivity contribution in [1.29, 1.82) is 0 Å². The van der Waals surface area contributed by atoms with Gasteiger partial charge < -0.3 is 22.1 Å². The van der Waals surface area contributed by atoms with Gasteiger partial charge in [0.25, 0.3) is 5.91 Å². The standard InChI is InChI=1S/C20H25FN6O/c21-14-9-13(18(23)28)19(25-12-8-11-4-3-7-16(11)24-10-12)27-20(14)26-17-6-2-1-5-15(17)22/h8-10,15,17H,1-7,22H2,(H2,23,28)(H2,25,26,27). The van der Waals surface area contributed by atoms with Crippen molar-refractivity contribution in [2.24, 2.45) is 11.5 Å². The van der Waals surface area contributed by atoms with Gasteiger partial charge in [0.15, 0.2) is 11.6 Å². The summed E-state index contributed by atoms with van der Waals surface area (Å²) in [6.45, 7) is 0. The van der Waals surface area contributed by atoms with Gasteiger partial charge in [-0.25, -0.2) is 9.37 Å². The number of pyridine rings is 2. The van der Waals surface area contributed by atoms with E-state index in [4.69, 9.17) is 11.5 Å². The van der Waals surface area contributed by atoms with Crippen molar-refractivity contribution in [3.8, 4) is 0 Å². The molecular formula is C20H25FN6O. The summed E-state index contributed by atoms with van der Waals surface area (Å²) in [5, 5.41) is 6.20. The van der Waals surface area contributed by atoms with Crippen LogP contribution in [0.2, 0.25) is 0 Å². The summed E-state index contributed by atoms with van der Waals surface area (Å²) in [4.78, 5) is 20.6. The van der Waals surface area contributed by atoms with Crippen LogP contribution >= 0.6 is 0 Å². The highest BCUT2D eigenvalue weighted by Crippen LogP contribution is 2.28. The molecule has 4 rings (SSSR count). The molecule has 1 saturated carbocycles. The smallest absolute Gasteiger partial charge is 0.252 e. The van der Waals surface area contributed by atoms with Crippen LogP contribution in [-0.4, -0.2) is 28.0 Å². The third-order valence-corrected chi connectivity index (χ3v) is 5.57. The monoisotopic (exact) mass is 384 g/mol. The first-order valence-electron chi connectivity index (χ1n) is 9.78. The molecule has 6 N–H and O–H groups in total. The maximum Gasteiger partial charge on any atom is 0.252 e. The molecule has 0 saturated heterocycles. The predicted molar refractivity (Wildman–Crippen MR) is 106 cm³/mol. The molecule has 2 aromatic heterocycles. The third kappa shape index (κ3) is 3.77. The Morgan fingerprint density at radius 3 is 2.75 bits per heavy atom. The molecule has 148 valence electrons. The van der Waals surface area contributed by atoms with Gasteiger partial charge in [0.2, 0.25) is 0 Å². The van der Waals surface area contributed by atoms with Gasteiger partial charge in [-0.2, -0.15) is 0 Å². The van der Waals surface area contributed by atoms with Crippen LogP contribution in [0.3, 0.4) is 0 Å². The number of rotatable bonds is 5. The molecule has 1 fully saturated rings. The average Bonchev–Trinajstić information content (AvgIpc) is 3.13. The number of hydrogen-bond donors (Lipinski definition) is 4. The number of aryl methyl sites for hydroxylation is 2. The Morgan fingerprint density at radius 1 is 1.14 bits per heavy atom. The minimum atomic E-state index is -0.746. The van der Waals surface area contributed by atoms with Crippen molar-refractivity contribution in [2.75, 3.05) is 10.6 Å². The Morgan fingerprint density at radius 2 is 1.96 bits per heavy atom. The molecule has 0 bridgehead atoms. The zero-order chi connectivity index (χ0) is 19.7. The van der Waals surface area contributed by atoms with Gasteiger partial charge in [0.05, 0.1) is 17.4 Å². The maximum absolute atomic E-state index is 14.6. The Balaban J connectivity index is 1.63. The van der Waals surface area contributed by atoms with Gasteiger partial charge >= 0.3 is 0 Å². The number of aromatic nitrogens is 2. The molecule has 2 heterocycles. The van der Waals surface area contributed by atoms with E-state index < -0.39 is 11.7 Å². The van der Waals surface area contributed by atoms with E-state index in [2.05, 4.69) is 20.6 Å². The highest BCUT2D eigenvalue weighted by atomic mass is 19.1. The van der Waals surface area contributed by atoms with Crippen molar-refractivity contribution in [1.82, 2.24) is 9.97 Å². The zero-order valence-electron chi connectivity index (χ0n) is 15.7. The highest BCUT2D eigenvalue weighted by Gasteiger charge is 2.24. The second kappa shape index (κ2) is 7.71. The number of hydrogen-bond acceptors (Lipinski definition) is 6. The molecule has 2 atom stereocenters. The van der Waals surface area contributed by atoms with E-state index in [0.29, 0.717) is 5.69 Å². The quantitative estimate of drug-likeness (QED) is 0.629. The summed E-state index contributed by atoms with van der Waals surface area (Å²) in [5.74, 6) is -1.09. The van der Waals surface area contributed by atoms with Crippen molar-refractivity contribution in [2.45, 2.75) is 57.0 Å². The van der Waals surface area contributed by atoms with Crippen LogP contribution in [0, 0.1) is 5.82 Å². The first kappa shape index (κ1) is 18.6. The molecule has 0 spiro atoms. The second-order valence-corrected chi connectivity index (χ2v) is 7.59. The lowest BCUT2D eigenvalue weighted by molar-refractivity contribution is 0.100. The normalized spacial score (nSPS) is 21.2. The largest absolute Gasteiger partial charge is 0.365 e. The fourth-order valence-corrected chi connectivity index (χ4v) is 4.02. The van der Waals surface area contributed by atoms with Crippen molar-refractivity contribution < 1.29 is 9.18 Å². The Bertz CT molecular complexity index is 903. The molecular weight excluding hydrogens is 359 g/mol. The van der Waals surface area contributed by atoms with Crippen LogP contribution in [0.5, 0.6) is 0 Å². The van der Waals surface area contributed by atoms with Gasteiger partial charge in [-0.15, -0.1) is 0 Å². The molecule has 2 aliphatic carbocycles. The van der Waals surface area contributed by atoms with Crippen LogP contribution in [-0.2, 0) is 12.8 Å². The summed E-state index contributed by atoms with van der Waals surface area (Å²) < 4.78 is 14.6. The number of primary amides is 1. The minimum absolute atomic E-state index is 0.00325. The Labute approximate surface area is 163 Å². The molecule has 8 heteroatoms. The first-order chi connectivity index (χ1) is 13.5. The second-order valence-electron chi connectivity index (χ2n) is 7.59. The van der Waals surface area contributed by atoms with Gasteiger partial charge in [0.1, 0.15) is 5.82 Å². The highest BCUT2D eigenvalue weighted by molar-refractivity contribution is 5.98. The van der Waals surface area contributed by atoms with Crippen molar-refractivity contribution in [3.05, 3.63) is 41.0 Å². The number of anilines is 3. The average molecular weight is 384 g/mol. The van der Waals surface area contributed by atoms with Crippen molar-refractivity contribution in [3.63, 3.8) is 0 Å². The number of carbonyl (C=O) groups is 1. The summed E-state index contributed by atoms with van der Waals surface area (Å²) >= 11 is 0. The molecule has 0 aliphatic heterocycles. The summed E-state index contributed by atoms with van der Waals surface area (Å²) in [7, 11) is 0. The van der Waals surface area contributed by atoms with E-state index >= 15 is 0 Å². The van der Waals surface area contributed by atoms with E-state index in [0.717, 1.165) is 56.7 Å². The zero-order valence-corrected chi connectivity index (χ0v) is 15.7. The minimum Gasteiger partial charge on any atom is -0.365 e. The van der Waals surface area contributed by atoms with Gasteiger partial charge in [-0.05, 0) is 49.8 Å². The number of halogens is 1. The molecule has 2 aromatic rings. The van der Waals surface area contributed by atoms with Gasteiger partial charge in [0, 0.05) is 17.8 Å². The third-order valence-electron chi connectivity index (χ3n) is 5.57. The van der Waals surface area contributed by atoms with E-state index in [9.17, 15) is 9.18 Å². The van der Waals surface area contributed by atoms with Crippen LogP contribution < -0.4 is 22.1 Å². The molecule has 28 heavy (non-hydrogen) atoms. The lowest BCUT2D eigenvalue weighted by Gasteiger charge is -2.30. The van der Waals surface area contributed by atoms with Crippen LogP contribution in [0.15, 0.2) is 18.3 Å². The number of nitrogens with one attached hydrogen (secondary N) is 2. The SMILES string of the molecule is NC(=O)c1cc(F)c(NC2CCCCC2N)nc1Nc1cnc2c(c1)CCC2. The molecule has 0 aromatic carbocycles. The topological polar surface area (TPSA) is 119 Å². The first-order valence-corrected chi connectivity index (χ1v) is 9.78. The Hall–Kier alpha value is -2.74. The molecule has 7 nitrogen and oxygen atoms in total. The number of fused-ring (bicyclic) bond motifs is 1. The van der Waals surface area contributed by atoms with Crippen LogP contribution in [0.4, 0.5) is 21.7 Å². The number of nitrogens with two attached hydrogens (primary N) is 2. The number of nitrogens with zero attached hydrogens (tertiary/aromatic N) is 2. The Kier molecular flexibility index (Phi) is 5.13. The molecule has 2 aliphatic rings. The van der Waals surface area contributed by atoms with Gasteiger partial charge in [-0.3, -0.25) is 9.78 Å². The summed E-state index contributed by atoms with van der Waals surface area (Å²) in [6, 6.07) is 3.01. The predicted octanol–water partition coefficient (Wildman–Crippen LogP) is 2.63. The number of amides is 1. The molecule has 0 radical (unpaired) electrons. The maximum atomic E-state index is 14.6. The van der Waals surface area contributed by atoms with E-state index in [1.165, 1.54) is 5.56 Å².